The van der Waals surface area contributed by atoms with E-state index in [2.05, 4.69) is 30.0 Å². The summed E-state index contributed by atoms with van der Waals surface area (Å²) in [7, 11) is 0. The second-order valence-corrected chi connectivity index (χ2v) is 6.35. The van der Waals surface area contributed by atoms with Crippen molar-refractivity contribution >= 4 is 35.4 Å². The summed E-state index contributed by atoms with van der Waals surface area (Å²) in [4.78, 5) is 29.9. The molecule has 0 aliphatic rings. The fourth-order valence-corrected chi connectivity index (χ4v) is 3.18. The van der Waals surface area contributed by atoms with Crippen molar-refractivity contribution < 1.29 is 14.3 Å². The zero-order valence-corrected chi connectivity index (χ0v) is 15.1. The van der Waals surface area contributed by atoms with Gasteiger partial charge in [0.25, 0.3) is 0 Å². The Bertz CT molecular complexity index is 786. The van der Waals surface area contributed by atoms with Gasteiger partial charge < -0.3 is 10.1 Å². The van der Waals surface area contributed by atoms with Crippen molar-refractivity contribution in [2.24, 2.45) is 0 Å². The second kappa shape index (κ2) is 9.48. The maximum absolute atomic E-state index is 12.9. The maximum atomic E-state index is 12.9. The van der Waals surface area contributed by atoms with Gasteiger partial charge in [-0.25, -0.2) is 9.78 Å². The maximum Gasteiger partial charge on any atom is 0.408 e. The second-order valence-electron chi connectivity index (χ2n) is 5.31. The van der Waals surface area contributed by atoms with Crippen LogP contribution in [0.2, 0.25) is 0 Å². The number of Topliss-reactive ketones (excluding diaryl/α,β-unsaturated/α-hetero) is 1. The first kappa shape index (κ1) is 19.3. The normalized spacial score (nSPS) is 11.2. The monoisotopic (exact) mass is 368 g/mol. The third-order valence-corrected chi connectivity index (χ3v) is 4.58. The molecule has 1 N–H and O–H groups in total. The van der Waals surface area contributed by atoms with Crippen molar-refractivity contribution in [3.05, 3.63) is 77.3 Å². The highest BCUT2D eigenvalue weighted by molar-refractivity contribution is 7.14. The lowest BCUT2D eigenvalue weighted by molar-refractivity contribution is 0.0926. The summed E-state index contributed by atoms with van der Waals surface area (Å²) in [6.45, 7) is 11.0. The van der Waals surface area contributed by atoms with E-state index in [1.54, 1.807) is 12.2 Å². The first-order chi connectivity index (χ1) is 12.6. The van der Waals surface area contributed by atoms with Gasteiger partial charge in [0.05, 0.1) is 10.6 Å². The number of ether oxygens (including phenoxy) is 1. The summed E-state index contributed by atoms with van der Waals surface area (Å²) in [5, 5.41) is 2.91. The molecule has 0 radical (unpaired) electrons. The van der Waals surface area contributed by atoms with E-state index in [0.29, 0.717) is 17.1 Å². The van der Waals surface area contributed by atoms with Gasteiger partial charge in [-0.2, -0.15) is 0 Å². The van der Waals surface area contributed by atoms with Crippen molar-refractivity contribution in [2.45, 2.75) is 12.5 Å². The fraction of sp³-hybridized carbons (Fsp3) is 0.150. The SMILES string of the molecule is C=CCOC(=O)N[C@@H](Cc1ccccc1)C(=O)c1nc(C=C)c(C=C)s1. The van der Waals surface area contributed by atoms with Gasteiger partial charge in [-0.1, -0.05) is 56.1 Å². The predicted molar refractivity (Wildman–Crippen MR) is 105 cm³/mol. The number of aromatic nitrogens is 1. The highest BCUT2D eigenvalue weighted by Crippen LogP contribution is 2.22. The average Bonchev–Trinajstić information content (AvgIpc) is 3.09. The van der Waals surface area contributed by atoms with Gasteiger partial charge in [-0.15, -0.1) is 11.3 Å². The molecule has 0 unspecified atom stereocenters. The molecule has 0 spiro atoms. The molecule has 0 aliphatic carbocycles. The first-order valence-electron chi connectivity index (χ1n) is 7.97. The number of benzene rings is 1. The number of carbonyl (C=O) groups is 2. The Morgan fingerprint density at radius 3 is 2.50 bits per heavy atom. The van der Waals surface area contributed by atoms with E-state index in [1.807, 2.05) is 30.3 Å². The lowest BCUT2D eigenvalue weighted by Crippen LogP contribution is -2.42. The molecule has 5 nitrogen and oxygen atoms in total. The molecule has 1 amide bonds. The number of carbonyl (C=O) groups excluding carboxylic acids is 2. The van der Waals surface area contributed by atoms with Crippen molar-refractivity contribution in [1.82, 2.24) is 10.3 Å². The van der Waals surface area contributed by atoms with E-state index >= 15 is 0 Å². The summed E-state index contributed by atoms with van der Waals surface area (Å²) < 4.78 is 4.95. The molecule has 6 heteroatoms. The highest BCUT2D eigenvalue weighted by atomic mass is 32.1. The number of nitrogens with one attached hydrogen (secondary N) is 1. The topological polar surface area (TPSA) is 68.3 Å². The Morgan fingerprint density at radius 1 is 1.19 bits per heavy atom. The zero-order chi connectivity index (χ0) is 18.9. The van der Waals surface area contributed by atoms with Crippen LogP contribution in [0.4, 0.5) is 4.79 Å². The van der Waals surface area contributed by atoms with E-state index in [1.165, 1.54) is 17.4 Å². The van der Waals surface area contributed by atoms with Gasteiger partial charge in [0.2, 0.25) is 5.78 Å². The molecular weight excluding hydrogens is 348 g/mol. The zero-order valence-electron chi connectivity index (χ0n) is 14.3. The molecule has 1 aromatic carbocycles. The van der Waals surface area contributed by atoms with Crippen LogP contribution in [0.5, 0.6) is 0 Å². The number of thiazole rings is 1. The minimum absolute atomic E-state index is 0.0660. The smallest absolute Gasteiger partial charge is 0.408 e. The molecular formula is C20H20N2O3S. The van der Waals surface area contributed by atoms with Gasteiger partial charge in [0.1, 0.15) is 12.6 Å². The van der Waals surface area contributed by atoms with Gasteiger partial charge in [0.15, 0.2) is 5.01 Å². The Morgan fingerprint density at radius 2 is 1.92 bits per heavy atom. The van der Waals surface area contributed by atoms with Crippen molar-refractivity contribution in [1.29, 1.82) is 0 Å². The van der Waals surface area contributed by atoms with E-state index in [-0.39, 0.29) is 12.4 Å². The minimum atomic E-state index is -0.795. The number of hydrogen-bond acceptors (Lipinski definition) is 5. The van der Waals surface area contributed by atoms with Crippen LogP contribution >= 0.6 is 11.3 Å². The Hall–Kier alpha value is -2.99. The van der Waals surface area contributed by atoms with Crippen LogP contribution in [0.1, 0.15) is 25.9 Å². The van der Waals surface area contributed by atoms with Crippen LogP contribution in [0, 0.1) is 0 Å². The van der Waals surface area contributed by atoms with Gasteiger partial charge >= 0.3 is 6.09 Å². The molecule has 134 valence electrons. The summed E-state index contributed by atoms with van der Waals surface area (Å²) >= 11 is 1.22. The Labute approximate surface area is 156 Å². The lowest BCUT2D eigenvalue weighted by Gasteiger charge is -2.16. The van der Waals surface area contributed by atoms with Gasteiger partial charge in [-0.05, 0) is 17.7 Å². The average molecular weight is 368 g/mol. The molecule has 1 atom stereocenters. The molecule has 2 rings (SSSR count). The molecule has 2 aromatic rings. The van der Waals surface area contributed by atoms with Crippen molar-refractivity contribution in [3.63, 3.8) is 0 Å². The standard InChI is InChI=1S/C20H20N2O3S/c1-4-12-25-20(24)22-16(13-14-10-8-7-9-11-14)18(23)19-21-15(5-2)17(6-3)26-19/h4-11,16H,1-3,12-13H2,(H,22,24)/t16-/m0/s1. The molecule has 1 aromatic heterocycles. The first-order valence-corrected chi connectivity index (χ1v) is 8.78. The quantitative estimate of drug-likeness (QED) is 0.534. The molecule has 0 aliphatic heterocycles. The Balaban J connectivity index is 2.26. The number of hydrogen-bond donors (Lipinski definition) is 1. The van der Waals surface area contributed by atoms with Crippen molar-refractivity contribution in [2.75, 3.05) is 6.61 Å². The van der Waals surface area contributed by atoms with E-state index < -0.39 is 12.1 Å². The summed E-state index contributed by atoms with van der Waals surface area (Å²) in [5.74, 6) is -0.286. The van der Waals surface area contributed by atoms with Crippen molar-refractivity contribution in [3.8, 4) is 0 Å². The third-order valence-electron chi connectivity index (χ3n) is 3.49. The summed E-state index contributed by atoms with van der Waals surface area (Å²) in [5.41, 5.74) is 1.51. The van der Waals surface area contributed by atoms with Crippen LogP contribution in [0.15, 0.2) is 56.1 Å². The van der Waals surface area contributed by atoms with Crippen LogP contribution in [0.25, 0.3) is 12.2 Å². The number of ketones is 1. The molecule has 0 fully saturated rings. The lowest BCUT2D eigenvalue weighted by atomic mass is 10.0. The number of amides is 1. The van der Waals surface area contributed by atoms with Crippen LogP contribution in [-0.2, 0) is 11.2 Å². The summed E-state index contributed by atoms with van der Waals surface area (Å²) in [6.07, 6.45) is 4.31. The van der Waals surface area contributed by atoms with Gasteiger partial charge in [-0.3, -0.25) is 4.79 Å². The van der Waals surface area contributed by atoms with Crippen LogP contribution in [0.3, 0.4) is 0 Å². The van der Waals surface area contributed by atoms with Crippen LogP contribution in [-0.4, -0.2) is 29.5 Å². The predicted octanol–water partition coefficient (Wildman–Crippen LogP) is 4.14. The number of rotatable bonds is 9. The molecule has 0 saturated carbocycles. The number of alkyl carbamates (subject to hydrolysis) is 1. The largest absolute Gasteiger partial charge is 0.445 e. The van der Waals surface area contributed by atoms with Crippen LogP contribution < -0.4 is 5.32 Å². The number of nitrogens with zero attached hydrogens (tertiary/aromatic N) is 1. The third kappa shape index (κ3) is 5.00. The van der Waals surface area contributed by atoms with E-state index in [0.717, 1.165) is 10.4 Å². The Kier molecular flexibility index (Phi) is 7.05. The van der Waals surface area contributed by atoms with E-state index in [4.69, 9.17) is 4.74 Å². The minimum Gasteiger partial charge on any atom is -0.445 e. The fourth-order valence-electron chi connectivity index (χ4n) is 2.27. The molecule has 0 bridgehead atoms. The van der Waals surface area contributed by atoms with E-state index in [9.17, 15) is 9.59 Å². The van der Waals surface area contributed by atoms with Gasteiger partial charge in [0, 0.05) is 6.42 Å². The molecule has 1 heterocycles. The highest BCUT2D eigenvalue weighted by Gasteiger charge is 2.26. The molecule has 0 saturated heterocycles. The molecule has 26 heavy (non-hydrogen) atoms. The summed E-state index contributed by atoms with van der Waals surface area (Å²) in [6, 6.07) is 8.63.